The van der Waals surface area contributed by atoms with Crippen LogP contribution in [-0.4, -0.2) is 17.1 Å². The summed E-state index contributed by atoms with van der Waals surface area (Å²) >= 11 is 0. The molecule has 5 nitrogen and oxygen atoms in total. The second-order valence-electron chi connectivity index (χ2n) is 1.56. The van der Waals surface area contributed by atoms with Gasteiger partial charge in [-0.2, -0.15) is 0 Å². The topological polar surface area (TPSA) is 112 Å². The van der Waals surface area contributed by atoms with Crippen molar-refractivity contribution in [2.24, 2.45) is 0 Å². The van der Waals surface area contributed by atoms with E-state index in [0.717, 1.165) is 0 Å². The highest BCUT2D eigenvalue weighted by atomic mass is 31.2. The van der Waals surface area contributed by atoms with Gasteiger partial charge in [0.1, 0.15) is 0 Å². The second-order valence-corrected chi connectivity index (χ2v) is 4.36. The molecule has 0 aliphatic carbocycles. The summed E-state index contributed by atoms with van der Waals surface area (Å²) in [5, 5.41) is 6.79. The lowest BCUT2D eigenvalue weighted by Crippen LogP contribution is -2.28. The van der Waals surface area contributed by atoms with Crippen molar-refractivity contribution in [2.75, 3.05) is 6.61 Å². The molecule has 0 unspecified atom stereocenters. The quantitative estimate of drug-likeness (QED) is 0.461. The van der Waals surface area contributed by atoms with Crippen molar-refractivity contribution in [3.8, 4) is 0 Å². The minimum Gasteiger partial charge on any atom is -0.841 e. The normalized spacial score (nSPS) is 12.0. The highest BCUT2D eigenvalue weighted by Gasteiger charge is 1.97. The highest BCUT2D eigenvalue weighted by molar-refractivity contribution is 7.61. The van der Waals surface area contributed by atoms with E-state index in [0.29, 0.717) is 0 Å². The van der Waals surface area contributed by atoms with Gasteiger partial charge < -0.3 is 41.4 Å². The van der Waals surface area contributed by atoms with Crippen molar-refractivity contribution in [3.05, 3.63) is 0 Å². The molecular weight excluding hydrogens is 178 g/mol. The van der Waals surface area contributed by atoms with Crippen molar-refractivity contribution in [3.63, 3.8) is 0 Å². The van der Waals surface area contributed by atoms with E-state index in [9.17, 15) is 19.6 Å². The molecule has 0 radical (unpaired) electrons. The molecule has 62 valence electrons. The van der Waals surface area contributed by atoms with E-state index < -0.39 is 28.8 Å². The van der Waals surface area contributed by atoms with Crippen LogP contribution in [0.15, 0.2) is 0 Å². The fourth-order valence-electron chi connectivity index (χ4n) is 0.403. The summed E-state index contributed by atoms with van der Waals surface area (Å²) in [7, 11) is -5.93. The molecule has 0 bridgehead atoms. The van der Waals surface area contributed by atoms with Gasteiger partial charge in [-0.1, -0.05) is 5.40 Å². The Kier molecular flexibility index (Phi) is 5.68. The molecule has 0 spiro atoms. The summed E-state index contributed by atoms with van der Waals surface area (Å²) < 4.78 is 0. The first-order chi connectivity index (χ1) is 4.59. The van der Waals surface area contributed by atoms with E-state index in [1.54, 1.807) is 0 Å². The van der Waals surface area contributed by atoms with E-state index in [4.69, 9.17) is 5.11 Å². The Hall–Kier alpha value is 0.660. The van der Waals surface area contributed by atoms with Crippen LogP contribution in [0.1, 0.15) is 6.42 Å². The van der Waals surface area contributed by atoms with Crippen LogP contribution in [0.2, 0.25) is 0 Å². The van der Waals surface area contributed by atoms with Crippen molar-refractivity contribution in [1.82, 2.24) is 0 Å². The summed E-state index contributed by atoms with van der Waals surface area (Å²) in [5.74, 6) is 0. The third-order valence-corrected chi connectivity index (χ3v) is 3.50. The van der Waals surface area contributed by atoms with E-state index in [1.165, 1.54) is 0 Å². The minimum absolute atomic E-state index is 0.239. The molecule has 0 aliphatic heterocycles. The molecule has 0 aromatic heterocycles. The number of aliphatic hydroxyl groups is 1. The maximum Gasteiger partial charge on any atom is 0.0438 e. The van der Waals surface area contributed by atoms with Gasteiger partial charge in [0.15, 0.2) is 0 Å². The van der Waals surface area contributed by atoms with E-state index in [-0.39, 0.29) is 6.42 Å². The summed E-state index contributed by atoms with van der Waals surface area (Å²) in [5.41, 5.74) is 0. The maximum atomic E-state index is 10.1. The average molecular weight is 184 g/mol. The Morgan fingerprint density at radius 3 is 1.60 bits per heavy atom. The third kappa shape index (κ3) is 3.74. The summed E-state index contributed by atoms with van der Waals surface area (Å²) in [4.78, 5) is 40.3. The molecule has 0 fully saturated rings. The Bertz CT molecular complexity index is 79.0. The van der Waals surface area contributed by atoms with Crippen molar-refractivity contribution in [1.29, 1.82) is 0 Å². The number of hydrogen-bond donors (Lipinski definition) is 1. The predicted molar refractivity (Wildman–Crippen MR) is 29.3 cm³/mol. The fraction of sp³-hybridized carbons (Fsp3) is 1.00. The summed E-state index contributed by atoms with van der Waals surface area (Å²) in [6.45, 7) is -0.433. The van der Waals surface area contributed by atoms with Crippen molar-refractivity contribution < 1.29 is 24.7 Å². The van der Waals surface area contributed by atoms with Crippen molar-refractivity contribution in [2.45, 2.75) is 11.8 Å². The zero-order valence-electron chi connectivity index (χ0n) is 4.97. The van der Waals surface area contributed by atoms with Crippen LogP contribution in [0.4, 0.5) is 0 Å². The molecule has 0 saturated carbocycles. The van der Waals surface area contributed by atoms with Crippen LogP contribution in [0.25, 0.3) is 0 Å². The van der Waals surface area contributed by atoms with Gasteiger partial charge in [0.25, 0.3) is 0 Å². The van der Waals surface area contributed by atoms with E-state index in [1.807, 2.05) is 0 Å². The predicted octanol–water partition coefficient (Wildman–Crippen LogP) is -3.24. The van der Waals surface area contributed by atoms with E-state index in [2.05, 4.69) is 0 Å². The molecule has 10 heavy (non-hydrogen) atoms. The molecule has 0 saturated heterocycles. The van der Waals surface area contributed by atoms with Gasteiger partial charge in [-0.3, -0.25) is 0 Å². The molecule has 0 aliphatic rings. The van der Waals surface area contributed by atoms with Gasteiger partial charge in [-0.15, -0.1) is 0 Å². The Morgan fingerprint density at radius 1 is 1.10 bits per heavy atom. The van der Waals surface area contributed by atoms with Gasteiger partial charge in [-0.05, 0) is 6.42 Å². The molecule has 0 heterocycles. The Labute approximate surface area is 60.8 Å². The van der Waals surface area contributed by atoms with Crippen LogP contribution in [0.5, 0.6) is 0 Å². The average Bonchev–Trinajstić information content (AvgIpc) is 1.81. The molecule has 0 rings (SSSR count). The maximum absolute atomic E-state index is 10.1. The zero-order valence-corrected chi connectivity index (χ0v) is 6.76. The molecular formula is C3H6O5P2-4. The first-order valence-corrected chi connectivity index (χ1v) is 4.96. The van der Waals surface area contributed by atoms with Crippen LogP contribution in [0, 0.1) is 0 Å². The second kappa shape index (κ2) is 5.33. The minimum atomic E-state index is -2.97. The third-order valence-electron chi connectivity index (χ3n) is 0.874. The van der Waals surface area contributed by atoms with Crippen LogP contribution < -0.4 is 19.6 Å². The fourth-order valence-corrected chi connectivity index (χ4v) is 1.67. The smallest absolute Gasteiger partial charge is 0.0438 e. The zero-order chi connectivity index (χ0) is 8.15. The molecule has 0 aromatic rings. The largest absolute Gasteiger partial charge is 0.841 e. The molecule has 0 aromatic carbocycles. The first kappa shape index (κ1) is 10.7. The van der Waals surface area contributed by atoms with Gasteiger partial charge in [-0.25, -0.2) is 0 Å². The lowest BCUT2D eigenvalue weighted by atomic mass is 10.5. The van der Waals surface area contributed by atoms with Crippen molar-refractivity contribution >= 4 is 16.8 Å². The number of rotatable bonds is 4. The van der Waals surface area contributed by atoms with Crippen LogP contribution in [-0.2, 0) is 0 Å². The molecule has 1 N–H and O–H groups in total. The standard InChI is InChI=1S/C3H6O5P2/c4-2-1-3(9(5)6)10(7)8/h3-4H,1-2H2/q-4. The highest BCUT2D eigenvalue weighted by Crippen LogP contribution is 2.40. The van der Waals surface area contributed by atoms with Gasteiger partial charge in [0.05, 0.1) is 0 Å². The van der Waals surface area contributed by atoms with Gasteiger partial charge in [0.2, 0.25) is 0 Å². The van der Waals surface area contributed by atoms with Crippen LogP contribution in [0.3, 0.4) is 0 Å². The lowest BCUT2D eigenvalue weighted by molar-refractivity contribution is -0.307. The Balaban J connectivity index is 3.73. The summed E-state index contributed by atoms with van der Waals surface area (Å²) in [6, 6.07) is 0. The van der Waals surface area contributed by atoms with Gasteiger partial charge in [0, 0.05) is 6.61 Å². The van der Waals surface area contributed by atoms with E-state index >= 15 is 0 Å². The lowest BCUT2D eigenvalue weighted by Gasteiger charge is -2.52. The Morgan fingerprint density at radius 2 is 1.50 bits per heavy atom. The monoisotopic (exact) mass is 184 g/mol. The molecule has 0 atom stereocenters. The number of hydrogen-bond acceptors (Lipinski definition) is 5. The molecule has 7 heteroatoms. The van der Waals surface area contributed by atoms with Gasteiger partial charge >= 0.3 is 0 Å². The SMILES string of the molecule is [O-]P([O-])C(CCO)P([O-])[O-]. The number of aliphatic hydroxyl groups excluding tert-OH is 1. The van der Waals surface area contributed by atoms with Crippen LogP contribution >= 0.6 is 16.8 Å². The first-order valence-electron chi connectivity index (χ1n) is 2.47. The summed E-state index contributed by atoms with van der Waals surface area (Å²) in [6.07, 6.45) is -0.239. The molecule has 0 amide bonds.